The Kier molecular flexibility index (Phi) is 2.91. The van der Waals surface area contributed by atoms with Gasteiger partial charge in [-0.1, -0.05) is 5.21 Å². The van der Waals surface area contributed by atoms with Crippen molar-refractivity contribution in [1.82, 2.24) is 15.0 Å². The van der Waals surface area contributed by atoms with Crippen LogP contribution in [0.5, 0.6) is 0 Å². The smallest absolute Gasteiger partial charge is 0.271 e. The van der Waals surface area contributed by atoms with Crippen LogP contribution in [0.25, 0.3) is 0 Å². The Morgan fingerprint density at radius 2 is 2.38 bits per heavy atom. The van der Waals surface area contributed by atoms with E-state index in [1.54, 1.807) is 11.6 Å². The van der Waals surface area contributed by atoms with Crippen molar-refractivity contribution in [3.05, 3.63) is 11.4 Å². The number of carbonyl (C=O) groups excluding carboxylic acids is 1. The molecule has 1 aliphatic rings. The SMILES string of the molecule is CC(O)Cn1nnc(C(N)=O)c1CC1CC1. The van der Waals surface area contributed by atoms with Crippen LogP contribution in [0.15, 0.2) is 0 Å². The molecule has 0 aliphatic heterocycles. The van der Waals surface area contributed by atoms with E-state index < -0.39 is 12.0 Å². The first kappa shape index (κ1) is 11.1. The van der Waals surface area contributed by atoms with Gasteiger partial charge in [0.15, 0.2) is 5.69 Å². The fraction of sp³-hybridized carbons (Fsp3) is 0.700. The first-order chi connectivity index (χ1) is 7.58. The maximum absolute atomic E-state index is 11.2. The molecule has 1 aromatic rings. The molecular weight excluding hydrogens is 208 g/mol. The van der Waals surface area contributed by atoms with Crippen molar-refractivity contribution in [3.8, 4) is 0 Å². The lowest BCUT2D eigenvalue weighted by Gasteiger charge is -2.08. The molecule has 0 bridgehead atoms. The molecule has 0 radical (unpaired) electrons. The van der Waals surface area contributed by atoms with Crippen molar-refractivity contribution in [2.75, 3.05) is 0 Å². The third kappa shape index (κ3) is 2.38. The number of carbonyl (C=O) groups is 1. The highest BCUT2D eigenvalue weighted by atomic mass is 16.3. The molecule has 6 nitrogen and oxygen atoms in total. The van der Waals surface area contributed by atoms with Crippen LogP contribution in [0.2, 0.25) is 0 Å². The molecule has 0 aromatic carbocycles. The minimum absolute atomic E-state index is 0.243. The second-order valence-corrected chi connectivity index (χ2v) is 4.43. The number of aliphatic hydroxyl groups excluding tert-OH is 1. The Morgan fingerprint density at radius 3 is 2.88 bits per heavy atom. The summed E-state index contributed by atoms with van der Waals surface area (Å²) in [5.41, 5.74) is 6.24. The molecule has 1 heterocycles. The number of rotatable bonds is 5. The molecule has 1 saturated carbocycles. The van der Waals surface area contributed by atoms with Gasteiger partial charge in [-0.05, 0) is 32.1 Å². The summed E-state index contributed by atoms with van der Waals surface area (Å²) in [6.45, 7) is 2.02. The van der Waals surface area contributed by atoms with Gasteiger partial charge in [0.05, 0.1) is 18.3 Å². The van der Waals surface area contributed by atoms with E-state index in [2.05, 4.69) is 10.3 Å². The Bertz CT molecular complexity index is 396. The third-order valence-corrected chi connectivity index (χ3v) is 2.69. The van der Waals surface area contributed by atoms with Crippen molar-refractivity contribution < 1.29 is 9.90 Å². The van der Waals surface area contributed by atoms with Crippen molar-refractivity contribution in [2.24, 2.45) is 11.7 Å². The van der Waals surface area contributed by atoms with Crippen LogP contribution in [0.1, 0.15) is 35.9 Å². The maximum Gasteiger partial charge on any atom is 0.271 e. The van der Waals surface area contributed by atoms with Gasteiger partial charge in [-0.2, -0.15) is 0 Å². The van der Waals surface area contributed by atoms with Crippen LogP contribution < -0.4 is 5.73 Å². The maximum atomic E-state index is 11.2. The number of hydrogen-bond donors (Lipinski definition) is 2. The summed E-state index contributed by atoms with van der Waals surface area (Å²) in [6.07, 6.45) is 2.62. The van der Waals surface area contributed by atoms with Gasteiger partial charge < -0.3 is 10.8 Å². The molecule has 1 unspecified atom stereocenters. The van der Waals surface area contributed by atoms with Gasteiger partial charge in [0.25, 0.3) is 5.91 Å². The van der Waals surface area contributed by atoms with E-state index in [-0.39, 0.29) is 5.69 Å². The number of aliphatic hydroxyl groups is 1. The number of amides is 1. The van der Waals surface area contributed by atoms with Gasteiger partial charge in [-0.3, -0.25) is 4.79 Å². The summed E-state index contributed by atoms with van der Waals surface area (Å²) < 4.78 is 1.59. The van der Waals surface area contributed by atoms with E-state index in [0.29, 0.717) is 12.5 Å². The first-order valence-corrected chi connectivity index (χ1v) is 5.48. The standard InChI is InChI=1S/C10H16N4O2/c1-6(15)5-14-8(4-7-2-3-7)9(10(11)16)12-13-14/h6-7,15H,2-5H2,1H3,(H2,11,16). The summed E-state index contributed by atoms with van der Waals surface area (Å²) in [6, 6.07) is 0. The van der Waals surface area contributed by atoms with Crippen LogP contribution in [0.3, 0.4) is 0 Å². The molecule has 1 atom stereocenters. The Hall–Kier alpha value is -1.43. The zero-order chi connectivity index (χ0) is 11.7. The molecule has 2 rings (SSSR count). The van der Waals surface area contributed by atoms with Crippen LogP contribution in [-0.4, -0.2) is 32.1 Å². The minimum Gasteiger partial charge on any atom is -0.391 e. The predicted molar refractivity (Wildman–Crippen MR) is 56.6 cm³/mol. The van der Waals surface area contributed by atoms with Crippen molar-refractivity contribution in [1.29, 1.82) is 0 Å². The van der Waals surface area contributed by atoms with Gasteiger partial charge in [0.2, 0.25) is 0 Å². The minimum atomic E-state index is -0.549. The van der Waals surface area contributed by atoms with Crippen molar-refractivity contribution in [2.45, 2.75) is 38.8 Å². The topological polar surface area (TPSA) is 94.0 Å². The second kappa shape index (κ2) is 4.21. The lowest BCUT2D eigenvalue weighted by Crippen LogP contribution is -2.19. The fourth-order valence-electron chi connectivity index (χ4n) is 1.72. The van der Waals surface area contributed by atoms with Crippen molar-refractivity contribution in [3.63, 3.8) is 0 Å². The number of nitrogens with zero attached hydrogens (tertiary/aromatic N) is 3. The van der Waals surface area contributed by atoms with Gasteiger partial charge in [0.1, 0.15) is 0 Å². The highest BCUT2D eigenvalue weighted by molar-refractivity contribution is 5.91. The quantitative estimate of drug-likeness (QED) is 0.718. The summed E-state index contributed by atoms with van der Waals surface area (Å²) in [5.74, 6) is 0.0665. The number of nitrogens with two attached hydrogens (primary N) is 1. The molecule has 0 saturated heterocycles. The van der Waals surface area contributed by atoms with E-state index in [1.807, 2.05) is 0 Å². The van der Waals surface area contributed by atoms with Gasteiger partial charge >= 0.3 is 0 Å². The molecule has 6 heteroatoms. The lowest BCUT2D eigenvalue weighted by molar-refractivity contribution is 0.0994. The zero-order valence-electron chi connectivity index (χ0n) is 9.26. The Morgan fingerprint density at radius 1 is 1.69 bits per heavy atom. The van der Waals surface area contributed by atoms with E-state index in [1.165, 1.54) is 12.8 Å². The zero-order valence-corrected chi connectivity index (χ0v) is 9.26. The average Bonchev–Trinajstić information content (AvgIpc) is 2.89. The van der Waals surface area contributed by atoms with Gasteiger partial charge in [-0.15, -0.1) is 5.10 Å². The lowest BCUT2D eigenvalue weighted by atomic mass is 10.1. The fourth-order valence-corrected chi connectivity index (χ4v) is 1.72. The molecule has 16 heavy (non-hydrogen) atoms. The molecule has 1 fully saturated rings. The largest absolute Gasteiger partial charge is 0.391 e. The van der Waals surface area contributed by atoms with E-state index >= 15 is 0 Å². The number of primary amides is 1. The van der Waals surface area contributed by atoms with Crippen LogP contribution in [0, 0.1) is 5.92 Å². The normalized spacial score (nSPS) is 17.4. The highest BCUT2D eigenvalue weighted by Crippen LogP contribution is 2.33. The molecule has 1 aromatic heterocycles. The first-order valence-electron chi connectivity index (χ1n) is 5.48. The third-order valence-electron chi connectivity index (χ3n) is 2.69. The molecule has 1 amide bonds. The molecule has 1 aliphatic carbocycles. The van der Waals surface area contributed by atoms with Crippen LogP contribution >= 0.6 is 0 Å². The monoisotopic (exact) mass is 224 g/mol. The van der Waals surface area contributed by atoms with Crippen LogP contribution in [-0.2, 0) is 13.0 Å². The van der Waals surface area contributed by atoms with Crippen LogP contribution in [0.4, 0.5) is 0 Å². The molecule has 0 spiro atoms. The number of aromatic nitrogens is 3. The van der Waals surface area contributed by atoms with Gasteiger partial charge in [0, 0.05) is 0 Å². The Balaban J connectivity index is 2.24. The molecular formula is C10H16N4O2. The summed E-state index contributed by atoms with van der Waals surface area (Å²) in [7, 11) is 0. The number of hydrogen-bond acceptors (Lipinski definition) is 4. The Labute approximate surface area is 93.4 Å². The van der Waals surface area contributed by atoms with E-state index in [9.17, 15) is 9.90 Å². The average molecular weight is 224 g/mol. The summed E-state index contributed by atoms with van der Waals surface area (Å²) in [5, 5.41) is 17.0. The summed E-state index contributed by atoms with van der Waals surface area (Å²) >= 11 is 0. The van der Waals surface area contributed by atoms with E-state index in [0.717, 1.165) is 12.1 Å². The predicted octanol–water partition coefficient (Wildman–Crippen LogP) is -0.290. The summed E-state index contributed by atoms with van der Waals surface area (Å²) in [4.78, 5) is 11.2. The molecule has 88 valence electrons. The van der Waals surface area contributed by atoms with Gasteiger partial charge in [-0.25, -0.2) is 4.68 Å². The second-order valence-electron chi connectivity index (χ2n) is 4.43. The molecule has 3 N–H and O–H groups in total. The van der Waals surface area contributed by atoms with E-state index in [4.69, 9.17) is 5.73 Å². The highest BCUT2D eigenvalue weighted by Gasteiger charge is 2.27. The van der Waals surface area contributed by atoms with Crippen molar-refractivity contribution >= 4 is 5.91 Å².